The smallest absolute Gasteiger partial charge is 0.274 e. The lowest BCUT2D eigenvalue weighted by molar-refractivity contribution is 0.422. The van der Waals surface area contributed by atoms with Crippen molar-refractivity contribution in [3.63, 3.8) is 0 Å². The van der Waals surface area contributed by atoms with Crippen molar-refractivity contribution < 1.29 is 4.52 Å². The van der Waals surface area contributed by atoms with Crippen LogP contribution in [-0.4, -0.2) is 20.0 Å². The van der Waals surface area contributed by atoms with Gasteiger partial charge in [0.05, 0.1) is 11.3 Å². The zero-order valence-corrected chi connectivity index (χ0v) is 12.2. The van der Waals surface area contributed by atoms with Gasteiger partial charge in [0.2, 0.25) is 0 Å². The molecule has 20 heavy (non-hydrogen) atoms. The number of rotatable bonds is 4. The third-order valence-corrected chi connectivity index (χ3v) is 4.94. The first-order valence-electron chi connectivity index (χ1n) is 6.77. The molecule has 2 aromatic rings. The van der Waals surface area contributed by atoms with Crippen LogP contribution >= 0.6 is 11.8 Å². The fourth-order valence-electron chi connectivity index (χ4n) is 2.50. The summed E-state index contributed by atoms with van der Waals surface area (Å²) in [4.78, 5) is 4.42. The second kappa shape index (κ2) is 5.71. The summed E-state index contributed by atoms with van der Waals surface area (Å²) < 4.78 is 7.13. The Morgan fingerprint density at radius 1 is 1.50 bits per heavy atom. The van der Waals surface area contributed by atoms with E-state index in [1.54, 1.807) is 12.3 Å². The molecule has 6 heteroatoms. The van der Waals surface area contributed by atoms with Gasteiger partial charge in [-0.3, -0.25) is 0 Å². The molecule has 0 unspecified atom stereocenters. The van der Waals surface area contributed by atoms with E-state index in [0.29, 0.717) is 11.5 Å². The summed E-state index contributed by atoms with van der Waals surface area (Å²) >= 11 is 1.92. The highest BCUT2D eigenvalue weighted by Gasteiger charge is 2.18. The van der Waals surface area contributed by atoms with Crippen molar-refractivity contribution in [1.29, 1.82) is 5.26 Å². The van der Waals surface area contributed by atoms with Gasteiger partial charge in [-0.05, 0) is 18.9 Å². The van der Waals surface area contributed by atoms with Crippen molar-refractivity contribution >= 4 is 11.8 Å². The van der Waals surface area contributed by atoms with E-state index >= 15 is 0 Å². The fourth-order valence-corrected chi connectivity index (χ4v) is 3.67. The van der Waals surface area contributed by atoms with Gasteiger partial charge in [0.25, 0.3) is 5.89 Å². The summed E-state index contributed by atoms with van der Waals surface area (Å²) in [6.45, 7) is 0. The molecule has 2 heterocycles. The number of nitriles is 1. The molecular formula is C14H16N4OS. The van der Waals surface area contributed by atoms with Crippen LogP contribution < -0.4 is 0 Å². The topological polar surface area (TPSA) is 67.6 Å². The average molecular weight is 288 g/mol. The van der Waals surface area contributed by atoms with E-state index in [1.165, 1.54) is 25.7 Å². The summed E-state index contributed by atoms with van der Waals surface area (Å²) in [7, 11) is 1.87. The highest BCUT2D eigenvalue weighted by Crippen LogP contribution is 2.31. The molecule has 1 aliphatic carbocycles. The van der Waals surface area contributed by atoms with Crippen LogP contribution in [0, 0.1) is 11.3 Å². The fraction of sp³-hybridized carbons (Fsp3) is 0.500. The van der Waals surface area contributed by atoms with Gasteiger partial charge >= 0.3 is 0 Å². The van der Waals surface area contributed by atoms with Gasteiger partial charge in [0, 0.05) is 18.5 Å². The van der Waals surface area contributed by atoms with Crippen LogP contribution in [0.5, 0.6) is 0 Å². The van der Waals surface area contributed by atoms with E-state index in [2.05, 4.69) is 16.2 Å². The minimum absolute atomic E-state index is 0.482. The van der Waals surface area contributed by atoms with Crippen molar-refractivity contribution in [3.05, 3.63) is 23.7 Å². The molecule has 1 fully saturated rings. The summed E-state index contributed by atoms with van der Waals surface area (Å²) in [5, 5.41) is 13.7. The lowest BCUT2D eigenvalue weighted by Gasteiger charge is -2.04. The first-order chi connectivity index (χ1) is 9.76. The van der Waals surface area contributed by atoms with Gasteiger partial charge in [0.1, 0.15) is 11.8 Å². The van der Waals surface area contributed by atoms with Gasteiger partial charge in [-0.2, -0.15) is 22.0 Å². The van der Waals surface area contributed by atoms with Gasteiger partial charge in [-0.25, -0.2) is 0 Å². The Kier molecular flexibility index (Phi) is 3.79. The van der Waals surface area contributed by atoms with E-state index in [9.17, 15) is 0 Å². The monoisotopic (exact) mass is 288 g/mol. The van der Waals surface area contributed by atoms with Gasteiger partial charge in [-0.1, -0.05) is 18.0 Å². The molecule has 1 aliphatic rings. The lowest BCUT2D eigenvalue weighted by atomic mass is 10.3. The van der Waals surface area contributed by atoms with Crippen LogP contribution in [0.1, 0.15) is 37.1 Å². The van der Waals surface area contributed by atoms with E-state index in [0.717, 1.165) is 22.5 Å². The maximum absolute atomic E-state index is 8.90. The number of nitrogens with zero attached hydrogens (tertiary/aromatic N) is 4. The summed E-state index contributed by atoms with van der Waals surface area (Å²) in [5.41, 5.74) is 1.38. The van der Waals surface area contributed by atoms with E-state index in [4.69, 9.17) is 9.78 Å². The maximum Gasteiger partial charge on any atom is 0.274 e. The minimum Gasteiger partial charge on any atom is -0.345 e. The maximum atomic E-state index is 8.90. The Morgan fingerprint density at radius 3 is 3.00 bits per heavy atom. The highest BCUT2D eigenvalue weighted by molar-refractivity contribution is 7.99. The van der Waals surface area contributed by atoms with Crippen molar-refractivity contribution in [3.8, 4) is 17.7 Å². The molecule has 5 nitrogen and oxygen atoms in total. The van der Waals surface area contributed by atoms with Crippen LogP contribution in [0.25, 0.3) is 11.6 Å². The summed E-state index contributed by atoms with van der Waals surface area (Å²) in [5.74, 6) is 2.01. The molecule has 3 rings (SSSR count). The molecule has 0 saturated heterocycles. The lowest BCUT2D eigenvalue weighted by Crippen LogP contribution is -1.96. The quantitative estimate of drug-likeness (QED) is 0.864. The van der Waals surface area contributed by atoms with Gasteiger partial charge in [-0.15, -0.1) is 0 Å². The molecule has 0 spiro atoms. The van der Waals surface area contributed by atoms with E-state index in [-0.39, 0.29) is 0 Å². The highest BCUT2D eigenvalue weighted by atomic mass is 32.2. The van der Waals surface area contributed by atoms with Crippen LogP contribution in [0.4, 0.5) is 0 Å². The van der Waals surface area contributed by atoms with Gasteiger partial charge in [0.15, 0.2) is 5.82 Å². The number of aryl methyl sites for hydroxylation is 1. The largest absolute Gasteiger partial charge is 0.345 e. The predicted molar refractivity (Wildman–Crippen MR) is 77.0 cm³/mol. The Labute approximate surface area is 122 Å². The number of thioether (sulfide) groups is 1. The molecule has 0 amide bonds. The summed E-state index contributed by atoms with van der Waals surface area (Å²) in [6.07, 6.45) is 7.05. The first kappa shape index (κ1) is 13.3. The van der Waals surface area contributed by atoms with E-state index in [1.807, 2.05) is 23.4 Å². The predicted octanol–water partition coefficient (Wildman–Crippen LogP) is 3.12. The molecule has 0 radical (unpaired) electrons. The van der Waals surface area contributed by atoms with Crippen LogP contribution in [-0.2, 0) is 12.8 Å². The summed E-state index contributed by atoms with van der Waals surface area (Å²) in [6, 6.07) is 3.88. The second-order valence-corrected chi connectivity index (χ2v) is 6.36. The average Bonchev–Trinajstić information content (AvgIpc) is 3.16. The molecular weight excluding hydrogens is 272 g/mol. The molecule has 0 bridgehead atoms. The van der Waals surface area contributed by atoms with Crippen molar-refractivity contribution in [2.45, 2.75) is 36.7 Å². The van der Waals surface area contributed by atoms with Crippen molar-refractivity contribution in [2.75, 3.05) is 0 Å². The Balaban J connectivity index is 1.69. The zero-order valence-electron chi connectivity index (χ0n) is 11.4. The van der Waals surface area contributed by atoms with Crippen molar-refractivity contribution in [2.24, 2.45) is 7.05 Å². The molecule has 0 N–H and O–H groups in total. The third kappa shape index (κ3) is 2.73. The standard InChI is InChI=1S/C14H16N4OS/c1-18-8-10(7-15)6-12(18)14-16-13(17-19-14)9-20-11-4-2-3-5-11/h6,8,11H,2-5,9H2,1H3. The normalized spacial score (nSPS) is 15.6. The Bertz CT molecular complexity index is 634. The first-order valence-corrected chi connectivity index (χ1v) is 7.82. The Morgan fingerprint density at radius 2 is 2.30 bits per heavy atom. The van der Waals surface area contributed by atoms with Crippen molar-refractivity contribution in [1.82, 2.24) is 14.7 Å². The second-order valence-electron chi connectivity index (χ2n) is 5.07. The van der Waals surface area contributed by atoms with E-state index < -0.39 is 0 Å². The van der Waals surface area contributed by atoms with Crippen LogP contribution in [0.15, 0.2) is 16.8 Å². The zero-order chi connectivity index (χ0) is 13.9. The molecule has 0 aromatic carbocycles. The SMILES string of the molecule is Cn1cc(C#N)cc1-c1nc(CSC2CCCC2)no1. The third-order valence-electron chi connectivity index (χ3n) is 3.57. The van der Waals surface area contributed by atoms with Crippen LogP contribution in [0.3, 0.4) is 0 Å². The Hall–Kier alpha value is -1.74. The number of hydrogen-bond donors (Lipinski definition) is 0. The number of aromatic nitrogens is 3. The molecule has 0 atom stereocenters. The van der Waals surface area contributed by atoms with Gasteiger partial charge < -0.3 is 9.09 Å². The molecule has 104 valence electrons. The molecule has 1 saturated carbocycles. The number of hydrogen-bond acceptors (Lipinski definition) is 5. The minimum atomic E-state index is 0.482. The van der Waals surface area contributed by atoms with Crippen LogP contribution in [0.2, 0.25) is 0 Å². The molecule has 2 aromatic heterocycles. The molecule has 0 aliphatic heterocycles.